The molecule has 0 saturated carbocycles. The zero-order valence-corrected chi connectivity index (χ0v) is 41.5. The first-order valence-electron chi connectivity index (χ1n) is 25.0. The van der Waals surface area contributed by atoms with Gasteiger partial charge in [0.25, 0.3) is 23.3 Å². The number of hydrogen-bond donors (Lipinski definition) is 4. The van der Waals surface area contributed by atoms with Gasteiger partial charge in [0.1, 0.15) is 11.8 Å². The molecule has 8 rings (SSSR count). The Hall–Kier alpha value is -7.18. The number of hydrogen-bond acceptors (Lipinski definition) is 12. The van der Waals surface area contributed by atoms with Crippen LogP contribution in [0.3, 0.4) is 0 Å². The summed E-state index contributed by atoms with van der Waals surface area (Å²) in [4.78, 5) is 114. The topological polar surface area (TPSA) is 220 Å². The number of likely N-dealkylation sites (tertiary alicyclic amines) is 1. The first kappa shape index (κ1) is 51.2. The van der Waals surface area contributed by atoms with Crippen molar-refractivity contribution in [2.45, 2.75) is 97.8 Å². The molecular formula is C54H64N8O10. The zero-order valence-electron chi connectivity index (χ0n) is 41.5. The number of rotatable bonds is 18. The number of fused-ring (bicyclic) bond motifs is 1. The number of pyridine rings is 1. The van der Waals surface area contributed by atoms with Crippen molar-refractivity contribution in [3.8, 4) is 16.9 Å². The molecule has 72 heavy (non-hydrogen) atoms. The molecule has 4 aromatic rings. The highest BCUT2D eigenvalue weighted by Crippen LogP contribution is 2.36. The summed E-state index contributed by atoms with van der Waals surface area (Å²) >= 11 is 0. The molecule has 380 valence electrons. The minimum atomic E-state index is -1.09. The Bertz CT molecular complexity index is 2790. The molecule has 18 nitrogen and oxygen atoms in total. The van der Waals surface area contributed by atoms with E-state index in [-0.39, 0.29) is 91.6 Å². The van der Waals surface area contributed by atoms with Crippen LogP contribution in [0.2, 0.25) is 0 Å². The van der Waals surface area contributed by atoms with Crippen LogP contribution in [-0.2, 0) is 37.0 Å². The number of anilines is 1. The van der Waals surface area contributed by atoms with Gasteiger partial charge >= 0.3 is 0 Å². The van der Waals surface area contributed by atoms with Crippen LogP contribution < -0.4 is 31.1 Å². The number of aryl methyl sites for hydroxylation is 2. The van der Waals surface area contributed by atoms with Crippen LogP contribution in [0.4, 0.5) is 5.69 Å². The van der Waals surface area contributed by atoms with Crippen molar-refractivity contribution in [1.29, 1.82) is 0 Å². The molecule has 1 unspecified atom stereocenters. The molecule has 18 heteroatoms. The van der Waals surface area contributed by atoms with Gasteiger partial charge in [0, 0.05) is 100 Å². The van der Waals surface area contributed by atoms with Crippen molar-refractivity contribution in [3.63, 3.8) is 0 Å². The number of carbonyl (C=O) groups excluding carboxylic acids is 7. The highest BCUT2D eigenvalue weighted by Gasteiger charge is 2.46. The molecule has 7 amide bonds. The summed E-state index contributed by atoms with van der Waals surface area (Å²) in [5.74, 6) is -2.91. The van der Waals surface area contributed by atoms with Gasteiger partial charge in [0.2, 0.25) is 23.6 Å². The quantitative estimate of drug-likeness (QED) is 0.0810. The summed E-state index contributed by atoms with van der Waals surface area (Å²) in [7, 11) is 0. The molecule has 5 heterocycles. The van der Waals surface area contributed by atoms with Gasteiger partial charge in [-0.25, -0.2) is 0 Å². The number of nitrogens with zero attached hydrogens (tertiary/aromatic N) is 4. The molecule has 4 N–H and O–H groups in total. The van der Waals surface area contributed by atoms with Crippen LogP contribution in [-0.4, -0.2) is 132 Å². The van der Waals surface area contributed by atoms with Crippen LogP contribution in [0.5, 0.6) is 5.75 Å². The number of carbonyl (C=O) groups is 7. The molecule has 0 radical (unpaired) electrons. The Morgan fingerprint density at radius 3 is 2.31 bits per heavy atom. The highest BCUT2D eigenvalue weighted by molar-refractivity contribution is 6.24. The highest BCUT2D eigenvalue weighted by atomic mass is 16.5. The van der Waals surface area contributed by atoms with Gasteiger partial charge in [-0.3, -0.25) is 53.5 Å². The Morgan fingerprint density at radius 1 is 0.847 bits per heavy atom. The van der Waals surface area contributed by atoms with Crippen molar-refractivity contribution >= 4 is 47.0 Å². The Labute approximate surface area is 418 Å². The minimum absolute atomic E-state index is 0.0162. The van der Waals surface area contributed by atoms with E-state index in [1.54, 1.807) is 12.1 Å². The van der Waals surface area contributed by atoms with Crippen LogP contribution in [0.1, 0.15) is 111 Å². The second kappa shape index (κ2) is 22.9. The lowest BCUT2D eigenvalue weighted by atomic mass is 9.94. The normalized spacial score (nSPS) is 17.4. The molecule has 0 spiro atoms. The minimum Gasteiger partial charge on any atom is -0.493 e. The van der Waals surface area contributed by atoms with Crippen LogP contribution in [0.25, 0.3) is 11.1 Å². The third-order valence-electron chi connectivity index (χ3n) is 14.1. The number of amides is 7. The molecule has 1 aromatic heterocycles. The van der Waals surface area contributed by atoms with E-state index in [1.807, 2.05) is 37.8 Å². The van der Waals surface area contributed by atoms with Gasteiger partial charge < -0.3 is 34.9 Å². The summed E-state index contributed by atoms with van der Waals surface area (Å²) in [5, 5.41) is 8.05. The molecule has 4 aliphatic heterocycles. The second-order valence-electron chi connectivity index (χ2n) is 19.0. The fourth-order valence-corrected chi connectivity index (χ4v) is 10.2. The molecule has 0 bridgehead atoms. The predicted octanol–water partition coefficient (Wildman–Crippen LogP) is 4.31. The average molecular weight is 985 g/mol. The number of imide groups is 2. The van der Waals surface area contributed by atoms with Gasteiger partial charge in [-0.2, -0.15) is 0 Å². The summed E-state index contributed by atoms with van der Waals surface area (Å²) in [6.45, 7) is 14.0. The SMILES string of the molecule is CCN(c1cc(-c2ccc(CN3CCOCC3)cc2)cc(C(=O)NCc2c(C)cc(C)[nH]c2=O)c1C)C1CCN(C(=O)CCC(=O)NCCCOc2cccc3c2C(=O)N(C2CCC(=O)NC2=O)C3=O)CC1. The maximum absolute atomic E-state index is 14.1. The van der Waals surface area contributed by atoms with Gasteiger partial charge in [0.05, 0.1) is 30.9 Å². The maximum Gasteiger partial charge on any atom is 0.266 e. The first-order valence-corrected chi connectivity index (χ1v) is 25.0. The Balaban J connectivity index is 0.847. The summed E-state index contributed by atoms with van der Waals surface area (Å²) in [6, 6.07) is 18.1. The maximum atomic E-state index is 14.1. The van der Waals surface area contributed by atoms with Gasteiger partial charge in [0.15, 0.2) is 0 Å². The Morgan fingerprint density at radius 2 is 1.60 bits per heavy atom. The zero-order chi connectivity index (χ0) is 51.1. The van der Waals surface area contributed by atoms with Crippen LogP contribution >= 0.6 is 0 Å². The lowest BCUT2D eigenvalue weighted by Crippen LogP contribution is -2.54. The standard InChI is InChI=1S/C54H64N8O10/c1-5-61(44-30-38(37-12-10-36(11-13-37)32-59-23-26-71-27-24-59)29-41(35(44)4)50(66)56-31-42-33(2)28-34(3)57-51(42)67)39-18-21-60(22-19-39)48(65)17-16-46(63)55-20-7-25-72-45-9-6-8-40-49(45)54(70)62(53(40)69)43-14-15-47(64)58-52(43)68/h6,8-13,28-30,39,43H,5,7,14-27,31-32H2,1-4H3,(H,55,63)(H,56,66)(H,57,67)(H,58,64,68). The number of aromatic nitrogens is 1. The van der Waals surface area contributed by atoms with Gasteiger partial charge in [-0.05, 0) is 112 Å². The number of H-pyrrole nitrogens is 1. The lowest BCUT2D eigenvalue weighted by Gasteiger charge is -2.40. The molecular weight excluding hydrogens is 921 g/mol. The van der Waals surface area contributed by atoms with Crippen molar-refractivity contribution in [3.05, 3.63) is 116 Å². The lowest BCUT2D eigenvalue weighted by molar-refractivity contribution is -0.136. The van der Waals surface area contributed by atoms with Crippen LogP contribution in [0.15, 0.2) is 65.5 Å². The van der Waals surface area contributed by atoms with E-state index in [4.69, 9.17) is 9.47 Å². The van der Waals surface area contributed by atoms with Gasteiger partial charge in [-0.1, -0.05) is 30.3 Å². The van der Waals surface area contributed by atoms with E-state index < -0.39 is 29.7 Å². The third-order valence-corrected chi connectivity index (χ3v) is 14.1. The number of morpholine rings is 1. The van der Waals surface area contributed by atoms with E-state index in [9.17, 15) is 38.4 Å². The number of nitrogens with one attached hydrogen (secondary N) is 4. The van der Waals surface area contributed by atoms with E-state index >= 15 is 0 Å². The van der Waals surface area contributed by atoms with E-state index in [0.29, 0.717) is 50.0 Å². The first-order chi connectivity index (χ1) is 34.7. The third kappa shape index (κ3) is 11.6. The molecule has 3 fully saturated rings. The van der Waals surface area contributed by atoms with E-state index in [1.165, 1.54) is 11.6 Å². The van der Waals surface area contributed by atoms with Crippen molar-refractivity contribution in [2.24, 2.45) is 0 Å². The average Bonchev–Trinajstić information content (AvgIpc) is 3.62. The predicted molar refractivity (Wildman–Crippen MR) is 269 cm³/mol. The number of piperidine rings is 2. The molecule has 1 atom stereocenters. The van der Waals surface area contributed by atoms with E-state index in [2.05, 4.69) is 68.0 Å². The monoisotopic (exact) mass is 984 g/mol. The molecule has 3 saturated heterocycles. The largest absolute Gasteiger partial charge is 0.493 e. The van der Waals surface area contributed by atoms with Crippen molar-refractivity contribution < 1.29 is 43.0 Å². The fraction of sp³-hybridized carbons (Fsp3) is 0.444. The number of ether oxygens (including phenoxy) is 2. The van der Waals surface area contributed by atoms with Crippen LogP contribution in [0, 0.1) is 20.8 Å². The van der Waals surface area contributed by atoms with Gasteiger partial charge in [-0.15, -0.1) is 0 Å². The van der Waals surface area contributed by atoms with Crippen molar-refractivity contribution in [2.75, 3.05) is 64.0 Å². The summed E-state index contributed by atoms with van der Waals surface area (Å²) in [6.07, 6.45) is 1.91. The van der Waals surface area contributed by atoms with E-state index in [0.717, 1.165) is 71.4 Å². The second-order valence-corrected chi connectivity index (χ2v) is 19.0. The fourth-order valence-electron chi connectivity index (χ4n) is 10.2. The van der Waals surface area contributed by atoms with Crippen molar-refractivity contribution in [1.82, 2.24) is 35.6 Å². The summed E-state index contributed by atoms with van der Waals surface area (Å²) in [5.41, 5.74) is 7.36. The Kier molecular flexibility index (Phi) is 16.3. The molecule has 4 aliphatic rings. The number of aromatic amines is 1. The number of benzene rings is 3. The summed E-state index contributed by atoms with van der Waals surface area (Å²) < 4.78 is 11.4. The molecule has 3 aromatic carbocycles. The molecule has 0 aliphatic carbocycles. The smallest absolute Gasteiger partial charge is 0.266 e.